The van der Waals surface area contributed by atoms with E-state index in [2.05, 4.69) is 13.8 Å². The molecule has 0 saturated carbocycles. The number of rotatable bonds is 5. The van der Waals surface area contributed by atoms with Gasteiger partial charge in [-0.1, -0.05) is 32.9 Å². The standard InChI is InChI=1S/C19H25NO4/c1-5-14-12-20(17(21)10-11-18(22)23-6-2)16-9-7-8-15(13(3)4)19(16)24-14/h7-11,13-14H,5-6,12H2,1-4H3/b11-10+. The number of para-hydroxylation sites is 1. The molecule has 5 heteroatoms. The highest BCUT2D eigenvalue weighted by Gasteiger charge is 2.30. The summed E-state index contributed by atoms with van der Waals surface area (Å²) in [6.45, 7) is 8.71. The van der Waals surface area contributed by atoms with Crippen LogP contribution >= 0.6 is 0 Å². The van der Waals surface area contributed by atoms with Crippen LogP contribution in [0.25, 0.3) is 0 Å². The first-order valence-corrected chi connectivity index (χ1v) is 8.43. The quantitative estimate of drug-likeness (QED) is 0.613. The molecule has 1 aliphatic rings. The molecule has 2 rings (SSSR count). The Morgan fingerprint density at radius 2 is 2.08 bits per heavy atom. The van der Waals surface area contributed by atoms with E-state index in [4.69, 9.17) is 9.47 Å². The maximum absolute atomic E-state index is 12.6. The minimum absolute atomic E-state index is 0.0580. The highest BCUT2D eigenvalue weighted by molar-refractivity contribution is 6.05. The molecular formula is C19H25NO4. The van der Waals surface area contributed by atoms with E-state index in [-0.39, 0.29) is 18.6 Å². The molecule has 0 aliphatic carbocycles. The Balaban J connectivity index is 2.33. The zero-order valence-electron chi connectivity index (χ0n) is 14.7. The van der Waals surface area contributed by atoms with E-state index in [9.17, 15) is 9.59 Å². The van der Waals surface area contributed by atoms with Gasteiger partial charge in [0, 0.05) is 12.2 Å². The van der Waals surface area contributed by atoms with E-state index in [1.165, 1.54) is 12.2 Å². The van der Waals surface area contributed by atoms with Gasteiger partial charge in [-0.3, -0.25) is 4.79 Å². The van der Waals surface area contributed by atoms with Gasteiger partial charge in [-0.15, -0.1) is 0 Å². The molecule has 0 aromatic heterocycles. The summed E-state index contributed by atoms with van der Waals surface area (Å²) in [6.07, 6.45) is 3.19. The zero-order chi connectivity index (χ0) is 17.7. The third kappa shape index (κ3) is 3.96. The zero-order valence-corrected chi connectivity index (χ0v) is 14.7. The van der Waals surface area contributed by atoms with Crippen molar-refractivity contribution in [2.45, 2.75) is 46.1 Å². The van der Waals surface area contributed by atoms with Crippen molar-refractivity contribution in [3.05, 3.63) is 35.9 Å². The Labute approximate surface area is 143 Å². The van der Waals surface area contributed by atoms with Crippen molar-refractivity contribution in [1.82, 2.24) is 0 Å². The molecule has 1 aromatic carbocycles. The lowest BCUT2D eigenvalue weighted by atomic mass is 9.99. The van der Waals surface area contributed by atoms with Gasteiger partial charge in [-0.25, -0.2) is 4.79 Å². The molecule has 130 valence electrons. The molecule has 1 unspecified atom stereocenters. The number of hydrogen-bond acceptors (Lipinski definition) is 4. The third-order valence-electron chi connectivity index (χ3n) is 3.98. The van der Waals surface area contributed by atoms with Crippen LogP contribution < -0.4 is 9.64 Å². The highest BCUT2D eigenvalue weighted by atomic mass is 16.5. The maximum Gasteiger partial charge on any atom is 0.330 e. The highest BCUT2D eigenvalue weighted by Crippen LogP contribution is 2.40. The van der Waals surface area contributed by atoms with Crippen LogP contribution in [0.3, 0.4) is 0 Å². The molecule has 0 N–H and O–H groups in total. The van der Waals surface area contributed by atoms with E-state index in [1.54, 1.807) is 11.8 Å². The monoisotopic (exact) mass is 331 g/mol. The van der Waals surface area contributed by atoms with Gasteiger partial charge in [0.2, 0.25) is 0 Å². The largest absolute Gasteiger partial charge is 0.486 e. The second-order valence-electron chi connectivity index (χ2n) is 6.03. The van der Waals surface area contributed by atoms with Gasteiger partial charge in [0.05, 0.1) is 18.8 Å². The first-order valence-electron chi connectivity index (χ1n) is 8.43. The average Bonchev–Trinajstić information content (AvgIpc) is 2.58. The molecule has 0 saturated heterocycles. The number of carbonyl (C=O) groups is 2. The van der Waals surface area contributed by atoms with Crippen LogP contribution in [0.4, 0.5) is 5.69 Å². The summed E-state index contributed by atoms with van der Waals surface area (Å²) in [5, 5.41) is 0. The number of benzene rings is 1. The topological polar surface area (TPSA) is 55.8 Å². The minimum atomic E-state index is -0.512. The van der Waals surface area contributed by atoms with E-state index in [0.29, 0.717) is 12.5 Å². The molecule has 24 heavy (non-hydrogen) atoms. The summed E-state index contributed by atoms with van der Waals surface area (Å²) < 4.78 is 10.9. The van der Waals surface area contributed by atoms with Crippen molar-refractivity contribution in [3.8, 4) is 5.75 Å². The molecule has 1 aromatic rings. The molecule has 0 bridgehead atoms. The van der Waals surface area contributed by atoms with E-state index < -0.39 is 5.97 Å². The number of ether oxygens (including phenoxy) is 2. The van der Waals surface area contributed by atoms with Crippen molar-refractivity contribution >= 4 is 17.6 Å². The van der Waals surface area contributed by atoms with Crippen molar-refractivity contribution in [3.63, 3.8) is 0 Å². The number of fused-ring (bicyclic) bond motifs is 1. The molecule has 0 fully saturated rings. The number of nitrogens with zero attached hydrogens (tertiary/aromatic N) is 1. The van der Waals surface area contributed by atoms with Gasteiger partial charge in [0.1, 0.15) is 11.9 Å². The molecule has 5 nitrogen and oxygen atoms in total. The summed E-state index contributed by atoms with van der Waals surface area (Å²) in [6, 6.07) is 5.83. The van der Waals surface area contributed by atoms with Crippen LogP contribution in [0.5, 0.6) is 5.75 Å². The Morgan fingerprint density at radius 1 is 1.33 bits per heavy atom. The average molecular weight is 331 g/mol. The van der Waals surface area contributed by atoms with Gasteiger partial charge in [0.25, 0.3) is 5.91 Å². The van der Waals surface area contributed by atoms with Crippen LogP contribution in [0.2, 0.25) is 0 Å². The summed E-state index contributed by atoms with van der Waals surface area (Å²) in [5.74, 6) is 0.306. The number of hydrogen-bond donors (Lipinski definition) is 0. The molecular weight excluding hydrogens is 306 g/mol. The summed E-state index contributed by atoms with van der Waals surface area (Å²) >= 11 is 0. The van der Waals surface area contributed by atoms with Crippen molar-refractivity contribution in [1.29, 1.82) is 0 Å². The first-order chi connectivity index (χ1) is 11.5. The molecule has 1 aliphatic heterocycles. The van der Waals surface area contributed by atoms with Gasteiger partial charge >= 0.3 is 5.97 Å². The fraction of sp³-hybridized carbons (Fsp3) is 0.474. The number of anilines is 1. The van der Waals surface area contributed by atoms with E-state index in [0.717, 1.165) is 23.4 Å². The molecule has 0 radical (unpaired) electrons. The second kappa shape index (κ2) is 7.99. The second-order valence-corrected chi connectivity index (χ2v) is 6.03. The molecule has 1 heterocycles. The van der Waals surface area contributed by atoms with Crippen LogP contribution in [0, 0.1) is 0 Å². The Hall–Kier alpha value is -2.30. The van der Waals surface area contributed by atoms with Crippen LogP contribution in [0.1, 0.15) is 45.6 Å². The first kappa shape index (κ1) is 18.0. The van der Waals surface area contributed by atoms with E-state index >= 15 is 0 Å². The summed E-state index contributed by atoms with van der Waals surface area (Å²) in [4.78, 5) is 25.7. The number of esters is 1. The van der Waals surface area contributed by atoms with Gasteiger partial charge in [-0.05, 0) is 30.9 Å². The van der Waals surface area contributed by atoms with Gasteiger partial charge < -0.3 is 14.4 Å². The van der Waals surface area contributed by atoms with Crippen molar-refractivity contribution in [2.75, 3.05) is 18.1 Å². The van der Waals surface area contributed by atoms with Crippen molar-refractivity contribution < 1.29 is 19.1 Å². The summed E-state index contributed by atoms with van der Waals surface area (Å²) in [7, 11) is 0. The van der Waals surface area contributed by atoms with Crippen LogP contribution in [-0.2, 0) is 14.3 Å². The van der Waals surface area contributed by atoms with Crippen molar-refractivity contribution in [2.24, 2.45) is 0 Å². The molecule has 1 atom stereocenters. The van der Waals surface area contributed by atoms with E-state index in [1.807, 2.05) is 25.1 Å². The lowest BCUT2D eigenvalue weighted by Crippen LogP contribution is -2.43. The smallest absolute Gasteiger partial charge is 0.330 e. The molecule has 1 amide bonds. The fourth-order valence-electron chi connectivity index (χ4n) is 2.68. The summed E-state index contributed by atoms with van der Waals surface area (Å²) in [5.41, 5.74) is 1.84. The Bertz CT molecular complexity index is 636. The fourth-order valence-corrected chi connectivity index (χ4v) is 2.68. The predicted octanol–water partition coefficient (Wildman–Crippen LogP) is 3.43. The Kier molecular flexibility index (Phi) is 6.01. The predicted molar refractivity (Wildman–Crippen MR) is 93.4 cm³/mol. The number of amides is 1. The van der Waals surface area contributed by atoms with Crippen LogP contribution in [0.15, 0.2) is 30.4 Å². The third-order valence-corrected chi connectivity index (χ3v) is 3.98. The maximum atomic E-state index is 12.6. The lowest BCUT2D eigenvalue weighted by molar-refractivity contribution is -0.137. The lowest BCUT2D eigenvalue weighted by Gasteiger charge is -2.35. The van der Waals surface area contributed by atoms with Gasteiger partial charge in [-0.2, -0.15) is 0 Å². The molecule has 0 spiro atoms. The number of carbonyl (C=O) groups excluding carboxylic acids is 2. The SMILES string of the molecule is CCOC(=O)/C=C/C(=O)N1CC(CC)Oc2c(C(C)C)cccc21. The minimum Gasteiger partial charge on any atom is -0.486 e. The normalized spacial score (nSPS) is 16.9. The van der Waals surface area contributed by atoms with Gasteiger partial charge in [0.15, 0.2) is 0 Å². The van der Waals surface area contributed by atoms with Crippen LogP contribution in [-0.4, -0.2) is 31.1 Å². The Morgan fingerprint density at radius 3 is 2.71 bits per heavy atom.